The van der Waals surface area contributed by atoms with E-state index in [0.29, 0.717) is 5.52 Å². The summed E-state index contributed by atoms with van der Waals surface area (Å²) >= 11 is 0. The van der Waals surface area contributed by atoms with E-state index in [9.17, 15) is 14.0 Å². The normalized spacial score (nSPS) is 12.2. The second kappa shape index (κ2) is 9.71. The lowest BCUT2D eigenvalue weighted by atomic mass is 10.1. The number of aromatic nitrogens is 3. The van der Waals surface area contributed by atoms with Gasteiger partial charge >= 0.3 is 0 Å². The first-order chi connectivity index (χ1) is 14.8. The van der Waals surface area contributed by atoms with E-state index < -0.39 is 5.92 Å². The van der Waals surface area contributed by atoms with Crippen molar-refractivity contribution in [2.24, 2.45) is 11.5 Å². The number of alkyl halides is 2. The predicted octanol–water partition coefficient (Wildman–Crippen LogP) is 4.31. The molecule has 162 valence electrons. The summed E-state index contributed by atoms with van der Waals surface area (Å²) < 4.78 is 34.0. The minimum Gasteiger partial charge on any atom is -0.483 e. The van der Waals surface area contributed by atoms with Gasteiger partial charge in [-0.15, -0.1) is 0 Å². The van der Waals surface area contributed by atoms with E-state index in [4.69, 9.17) is 16.2 Å². The maximum absolute atomic E-state index is 13.8. The zero-order valence-corrected chi connectivity index (χ0v) is 17.7. The quantitative estimate of drug-likeness (QED) is 0.464. The molecule has 31 heavy (non-hydrogen) atoms. The van der Waals surface area contributed by atoms with Crippen molar-refractivity contribution in [2.75, 3.05) is 7.11 Å². The lowest BCUT2D eigenvalue weighted by Gasteiger charge is -2.11. The number of benzene rings is 1. The summed E-state index contributed by atoms with van der Waals surface area (Å²) in [6.45, 7) is 4.81. The molecule has 2 heterocycles. The molecule has 4 N–H and O–H groups in total. The topological polar surface area (TPSA) is 116 Å². The van der Waals surface area contributed by atoms with Crippen LogP contribution in [-0.2, 0) is 10.7 Å². The van der Waals surface area contributed by atoms with Crippen LogP contribution in [0.1, 0.15) is 31.9 Å². The van der Waals surface area contributed by atoms with Gasteiger partial charge in [0, 0.05) is 24.8 Å². The third-order valence-corrected chi connectivity index (χ3v) is 4.21. The Morgan fingerprint density at radius 2 is 1.94 bits per heavy atom. The van der Waals surface area contributed by atoms with E-state index in [1.54, 1.807) is 12.1 Å². The minimum absolute atomic E-state index is 0.127. The fraction of sp³-hybridized carbons (Fsp3) is 0.227. The summed E-state index contributed by atoms with van der Waals surface area (Å²) in [5.74, 6) is -2.47. The van der Waals surface area contributed by atoms with E-state index in [2.05, 4.69) is 16.0 Å². The Labute approximate surface area is 179 Å². The van der Waals surface area contributed by atoms with Gasteiger partial charge in [0.05, 0.1) is 23.7 Å². The van der Waals surface area contributed by atoms with E-state index >= 15 is 0 Å². The Hall–Kier alpha value is -3.93. The molecule has 0 saturated heterocycles. The molecular formula is C22H24F2N6O. The fourth-order valence-electron chi connectivity index (χ4n) is 2.76. The first kappa shape index (κ1) is 23.3. The Balaban J connectivity index is 0.00000166. The van der Waals surface area contributed by atoms with Crippen molar-refractivity contribution in [1.29, 1.82) is 5.26 Å². The van der Waals surface area contributed by atoms with Crippen LogP contribution >= 0.6 is 0 Å². The van der Waals surface area contributed by atoms with Crippen molar-refractivity contribution in [1.82, 2.24) is 14.5 Å². The molecular weight excluding hydrogens is 402 g/mol. The van der Waals surface area contributed by atoms with Gasteiger partial charge in [-0.25, -0.2) is 13.8 Å². The number of ether oxygens (including phenoxy) is 1. The molecule has 7 nitrogen and oxygen atoms in total. The van der Waals surface area contributed by atoms with Crippen molar-refractivity contribution < 1.29 is 13.5 Å². The van der Waals surface area contributed by atoms with Crippen LogP contribution in [-0.4, -0.2) is 21.6 Å². The molecule has 3 aromatic rings. The number of allylic oxidation sites excluding steroid dienone is 2. The highest BCUT2D eigenvalue weighted by molar-refractivity contribution is 5.85. The fourth-order valence-corrected chi connectivity index (χ4v) is 2.76. The van der Waals surface area contributed by atoms with E-state index in [0.717, 1.165) is 6.92 Å². The summed E-state index contributed by atoms with van der Waals surface area (Å²) in [4.78, 5) is 8.69. The summed E-state index contributed by atoms with van der Waals surface area (Å²) in [5.41, 5.74) is 13.0. The van der Waals surface area contributed by atoms with Gasteiger partial charge in [-0.05, 0) is 30.3 Å². The van der Waals surface area contributed by atoms with Crippen molar-refractivity contribution >= 4 is 16.9 Å². The van der Waals surface area contributed by atoms with Crippen LogP contribution in [0.2, 0.25) is 0 Å². The molecule has 0 amide bonds. The second-order valence-electron chi connectivity index (χ2n) is 6.24. The number of nitrogens with zero attached hydrogens (tertiary/aromatic N) is 4. The van der Waals surface area contributed by atoms with Crippen molar-refractivity contribution in [2.45, 2.75) is 26.7 Å². The SMILES string of the molecule is CC.CO/C(N)=C/C=C(\N)n1c(-c2ncccc2C#N)nc2cc(C(C)(F)F)ccc21. The highest BCUT2D eigenvalue weighted by Gasteiger charge is 2.26. The number of imidazole rings is 1. The van der Waals surface area contributed by atoms with Crippen molar-refractivity contribution in [3.8, 4) is 17.6 Å². The van der Waals surface area contributed by atoms with Gasteiger partial charge in [0.25, 0.3) is 5.92 Å². The monoisotopic (exact) mass is 426 g/mol. The first-order valence-corrected chi connectivity index (χ1v) is 9.50. The number of pyridine rings is 1. The maximum Gasteiger partial charge on any atom is 0.270 e. The van der Waals surface area contributed by atoms with Crippen molar-refractivity contribution in [3.05, 3.63) is 65.7 Å². The van der Waals surface area contributed by atoms with E-state index in [1.807, 2.05) is 13.8 Å². The lowest BCUT2D eigenvalue weighted by Crippen LogP contribution is -2.10. The zero-order chi connectivity index (χ0) is 23.2. The van der Waals surface area contributed by atoms with Gasteiger partial charge < -0.3 is 16.2 Å². The molecule has 0 aliphatic rings. The lowest BCUT2D eigenvalue weighted by molar-refractivity contribution is 0.0176. The summed E-state index contributed by atoms with van der Waals surface area (Å²) in [6, 6.07) is 9.34. The molecule has 0 radical (unpaired) electrons. The number of hydrogen-bond acceptors (Lipinski definition) is 6. The summed E-state index contributed by atoms with van der Waals surface area (Å²) in [6.07, 6.45) is 4.44. The molecule has 0 atom stereocenters. The highest BCUT2D eigenvalue weighted by Crippen LogP contribution is 2.32. The number of fused-ring (bicyclic) bond motifs is 1. The molecule has 0 aliphatic heterocycles. The third-order valence-electron chi connectivity index (χ3n) is 4.21. The van der Waals surface area contributed by atoms with E-state index in [1.165, 1.54) is 48.2 Å². The standard InChI is InChI=1S/C20H18F2N6O.C2H6/c1-20(21,22)13-5-6-15-14(10-13)27-19(18-12(11-23)4-3-9-26-18)28(15)16(24)7-8-17(25)29-2;1-2/h3-10H,24-25H2,1-2H3;1-2H3/b16-7+,17-8+;. The van der Waals surface area contributed by atoms with Gasteiger partial charge in [0.1, 0.15) is 17.6 Å². The number of halogens is 2. The number of methoxy groups -OCH3 is 1. The smallest absolute Gasteiger partial charge is 0.270 e. The van der Waals surface area contributed by atoms with Crippen LogP contribution in [0.25, 0.3) is 28.4 Å². The Bertz CT molecular complexity index is 1170. The molecule has 1 aromatic carbocycles. The molecule has 3 rings (SSSR count). The second-order valence-corrected chi connectivity index (χ2v) is 6.24. The number of nitriles is 1. The van der Waals surface area contributed by atoms with Gasteiger partial charge in [-0.3, -0.25) is 9.55 Å². The van der Waals surface area contributed by atoms with Gasteiger partial charge in [-0.1, -0.05) is 19.9 Å². The van der Waals surface area contributed by atoms with Crippen LogP contribution in [0.15, 0.2) is 54.6 Å². The highest BCUT2D eigenvalue weighted by atomic mass is 19.3. The average Bonchev–Trinajstić information content (AvgIpc) is 3.16. The molecule has 0 spiro atoms. The Morgan fingerprint density at radius 3 is 2.55 bits per heavy atom. The molecule has 9 heteroatoms. The predicted molar refractivity (Wildman–Crippen MR) is 116 cm³/mol. The molecule has 0 unspecified atom stereocenters. The average molecular weight is 426 g/mol. The van der Waals surface area contributed by atoms with Gasteiger partial charge in [0.2, 0.25) is 0 Å². The third kappa shape index (κ3) is 4.98. The van der Waals surface area contributed by atoms with Gasteiger partial charge in [0.15, 0.2) is 11.7 Å². The minimum atomic E-state index is -3.03. The van der Waals surface area contributed by atoms with Crippen LogP contribution in [0.5, 0.6) is 0 Å². The number of nitrogens with two attached hydrogens (primary N) is 2. The Morgan fingerprint density at radius 1 is 1.23 bits per heavy atom. The molecule has 0 saturated carbocycles. The van der Waals surface area contributed by atoms with Crippen LogP contribution in [0.3, 0.4) is 0 Å². The molecule has 2 aromatic heterocycles. The van der Waals surface area contributed by atoms with E-state index in [-0.39, 0.29) is 39.9 Å². The summed E-state index contributed by atoms with van der Waals surface area (Å²) in [7, 11) is 1.41. The largest absolute Gasteiger partial charge is 0.483 e. The zero-order valence-electron chi connectivity index (χ0n) is 17.7. The number of hydrogen-bond donors (Lipinski definition) is 2. The molecule has 0 bridgehead atoms. The van der Waals surface area contributed by atoms with Crippen LogP contribution in [0, 0.1) is 11.3 Å². The first-order valence-electron chi connectivity index (χ1n) is 9.50. The molecule has 0 fully saturated rings. The van der Waals surface area contributed by atoms with Gasteiger partial charge in [-0.2, -0.15) is 5.26 Å². The van der Waals surface area contributed by atoms with Crippen molar-refractivity contribution in [3.63, 3.8) is 0 Å². The molecule has 0 aliphatic carbocycles. The summed E-state index contributed by atoms with van der Waals surface area (Å²) in [5, 5.41) is 9.43. The van der Waals surface area contributed by atoms with Crippen LogP contribution in [0.4, 0.5) is 8.78 Å². The maximum atomic E-state index is 13.8. The van der Waals surface area contributed by atoms with Crippen LogP contribution < -0.4 is 11.5 Å². The number of rotatable bonds is 5. The Kier molecular flexibility index (Phi) is 7.32.